The molecule has 0 aliphatic rings. The Morgan fingerprint density at radius 3 is 2.25 bits per heavy atom. The summed E-state index contributed by atoms with van der Waals surface area (Å²) in [7, 11) is 1.63. The number of methoxy groups -OCH3 is 1. The predicted octanol–water partition coefficient (Wildman–Crippen LogP) is 2.77. The lowest BCUT2D eigenvalue weighted by molar-refractivity contribution is 0.411. The molecule has 0 spiro atoms. The highest BCUT2D eigenvalue weighted by molar-refractivity contribution is 5.35. The highest BCUT2D eigenvalue weighted by Gasteiger charge is 2.13. The lowest BCUT2D eigenvalue weighted by Crippen LogP contribution is -2.28. The van der Waals surface area contributed by atoms with Crippen molar-refractivity contribution >= 4 is 0 Å². The van der Waals surface area contributed by atoms with Crippen molar-refractivity contribution in [3.8, 4) is 5.75 Å². The van der Waals surface area contributed by atoms with E-state index in [0.717, 1.165) is 16.9 Å². The Morgan fingerprint density at radius 1 is 1.05 bits per heavy atom. The normalized spacial score (nSPS) is 12.4. The van der Waals surface area contributed by atoms with Gasteiger partial charge in [-0.3, -0.25) is 10.8 Å². The fourth-order valence-electron chi connectivity index (χ4n) is 2.16. The topological polar surface area (TPSA) is 60.2 Å². The summed E-state index contributed by atoms with van der Waals surface area (Å²) in [6, 6.07) is 10.3. The lowest BCUT2D eigenvalue weighted by atomic mass is 9.96. The van der Waals surface area contributed by atoms with E-state index in [2.05, 4.69) is 48.5 Å². The summed E-state index contributed by atoms with van der Waals surface area (Å²) < 4.78 is 5.20. The predicted molar refractivity (Wildman–Crippen MR) is 80.5 cm³/mol. The zero-order valence-electron chi connectivity index (χ0n) is 12.1. The summed E-state index contributed by atoms with van der Waals surface area (Å²) in [6.45, 7) is 4.36. The first-order valence-electron chi connectivity index (χ1n) is 6.70. The van der Waals surface area contributed by atoms with Crippen molar-refractivity contribution in [3.05, 3.63) is 59.4 Å². The molecule has 0 saturated carbocycles. The number of aromatic nitrogens is 1. The summed E-state index contributed by atoms with van der Waals surface area (Å²) in [6.07, 6.45) is 3.47. The van der Waals surface area contributed by atoms with Gasteiger partial charge in [-0.15, -0.1) is 0 Å². The minimum Gasteiger partial charge on any atom is -0.495 e. The third kappa shape index (κ3) is 3.15. The number of benzene rings is 1. The van der Waals surface area contributed by atoms with Crippen LogP contribution in [0.25, 0.3) is 0 Å². The average molecular weight is 271 g/mol. The maximum absolute atomic E-state index is 5.71. The fraction of sp³-hybridized carbons (Fsp3) is 0.312. The second-order valence-corrected chi connectivity index (χ2v) is 5.08. The fourth-order valence-corrected chi connectivity index (χ4v) is 2.16. The smallest absolute Gasteiger partial charge is 0.137 e. The van der Waals surface area contributed by atoms with Crippen LogP contribution in [-0.4, -0.2) is 12.1 Å². The Labute approximate surface area is 120 Å². The van der Waals surface area contributed by atoms with Gasteiger partial charge in [0.25, 0.3) is 0 Å². The molecule has 1 heterocycles. The van der Waals surface area contributed by atoms with Gasteiger partial charge in [-0.25, -0.2) is 5.43 Å². The van der Waals surface area contributed by atoms with Crippen LogP contribution in [0, 0.1) is 0 Å². The van der Waals surface area contributed by atoms with E-state index in [1.807, 2.05) is 6.07 Å². The molecule has 0 saturated heterocycles. The van der Waals surface area contributed by atoms with Gasteiger partial charge in [-0.05, 0) is 28.7 Å². The van der Waals surface area contributed by atoms with Gasteiger partial charge in [0.05, 0.1) is 19.3 Å². The summed E-state index contributed by atoms with van der Waals surface area (Å²) in [5, 5.41) is 0. The molecule has 2 rings (SSSR count). The SMILES string of the molecule is COc1cncc(C(NN)c2ccc(C(C)C)cc2)c1. The number of nitrogens with zero attached hydrogens (tertiary/aromatic N) is 1. The van der Waals surface area contributed by atoms with Crippen molar-refractivity contribution in [3.63, 3.8) is 0 Å². The van der Waals surface area contributed by atoms with E-state index in [0.29, 0.717) is 5.92 Å². The molecule has 0 amide bonds. The van der Waals surface area contributed by atoms with Gasteiger partial charge in [0.2, 0.25) is 0 Å². The molecule has 1 atom stereocenters. The minimum absolute atomic E-state index is 0.0983. The van der Waals surface area contributed by atoms with Crippen molar-refractivity contribution in [1.29, 1.82) is 0 Å². The molecular weight excluding hydrogens is 250 g/mol. The van der Waals surface area contributed by atoms with Crippen LogP contribution in [0.2, 0.25) is 0 Å². The summed E-state index contributed by atoms with van der Waals surface area (Å²) >= 11 is 0. The summed E-state index contributed by atoms with van der Waals surface area (Å²) in [5.41, 5.74) is 6.23. The van der Waals surface area contributed by atoms with E-state index >= 15 is 0 Å². The molecule has 0 bridgehead atoms. The average Bonchev–Trinajstić information content (AvgIpc) is 2.49. The van der Waals surface area contributed by atoms with Crippen LogP contribution in [-0.2, 0) is 0 Å². The summed E-state index contributed by atoms with van der Waals surface area (Å²) in [4.78, 5) is 4.18. The Balaban J connectivity index is 2.31. The quantitative estimate of drug-likeness (QED) is 0.648. The van der Waals surface area contributed by atoms with Crippen LogP contribution in [0.3, 0.4) is 0 Å². The van der Waals surface area contributed by atoms with Crippen LogP contribution in [0.5, 0.6) is 5.75 Å². The van der Waals surface area contributed by atoms with E-state index < -0.39 is 0 Å². The first-order chi connectivity index (χ1) is 9.65. The third-order valence-electron chi connectivity index (χ3n) is 3.41. The molecule has 0 aliphatic carbocycles. The molecule has 4 heteroatoms. The van der Waals surface area contributed by atoms with Gasteiger partial charge in [0, 0.05) is 6.20 Å². The minimum atomic E-state index is -0.0983. The molecule has 1 aromatic carbocycles. The molecule has 0 radical (unpaired) electrons. The molecule has 20 heavy (non-hydrogen) atoms. The number of pyridine rings is 1. The van der Waals surface area contributed by atoms with Crippen LogP contribution in [0.15, 0.2) is 42.7 Å². The standard InChI is InChI=1S/C16H21N3O/c1-11(2)12-4-6-13(7-5-12)16(19-17)14-8-15(20-3)10-18-9-14/h4-11,16,19H,17H2,1-3H3. The van der Waals surface area contributed by atoms with Crippen molar-refractivity contribution in [1.82, 2.24) is 10.4 Å². The maximum atomic E-state index is 5.71. The molecule has 4 nitrogen and oxygen atoms in total. The maximum Gasteiger partial charge on any atom is 0.137 e. The highest BCUT2D eigenvalue weighted by Crippen LogP contribution is 2.25. The monoisotopic (exact) mass is 271 g/mol. The van der Waals surface area contributed by atoms with Gasteiger partial charge in [-0.1, -0.05) is 38.1 Å². The van der Waals surface area contributed by atoms with Crippen molar-refractivity contribution in [2.45, 2.75) is 25.8 Å². The molecule has 1 aromatic heterocycles. The molecule has 106 valence electrons. The summed E-state index contributed by atoms with van der Waals surface area (Å²) in [5.74, 6) is 6.95. The zero-order chi connectivity index (χ0) is 14.5. The number of nitrogens with one attached hydrogen (secondary N) is 1. The van der Waals surface area contributed by atoms with Crippen LogP contribution < -0.4 is 16.0 Å². The van der Waals surface area contributed by atoms with Gasteiger partial charge in [0.1, 0.15) is 5.75 Å². The number of hydrazine groups is 1. The number of ether oxygens (including phenoxy) is 1. The Kier molecular flexibility index (Phi) is 4.71. The third-order valence-corrected chi connectivity index (χ3v) is 3.41. The molecule has 0 fully saturated rings. The Bertz CT molecular complexity index is 552. The molecule has 0 aliphatic heterocycles. The number of hydrogen-bond donors (Lipinski definition) is 2. The van der Waals surface area contributed by atoms with E-state index in [9.17, 15) is 0 Å². The first-order valence-corrected chi connectivity index (χ1v) is 6.70. The lowest BCUT2D eigenvalue weighted by Gasteiger charge is -2.18. The van der Waals surface area contributed by atoms with Crippen molar-refractivity contribution < 1.29 is 4.74 Å². The number of nitrogens with two attached hydrogens (primary N) is 1. The van der Waals surface area contributed by atoms with Crippen molar-refractivity contribution in [2.24, 2.45) is 5.84 Å². The van der Waals surface area contributed by atoms with Crippen molar-refractivity contribution in [2.75, 3.05) is 7.11 Å². The Hall–Kier alpha value is -1.91. The Morgan fingerprint density at radius 2 is 1.70 bits per heavy atom. The van der Waals surface area contributed by atoms with Crippen LogP contribution in [0.1, 0.15) is 42.5 Å². The van der Waals surface area contributed by atoms with Gasteiger partial charge < -0.3 is 4.74 Å². The molecule has 1 unspecified atom stereocenters. The second-order valence-electron chi connectivity index (χ2n) is 5.08. The van der Waals surface area contributed by atoms with Gasteiger partial charge in [0.15, 0.2) is 0 Å². The zero-order valence-corrected chi connectivity index (χ0v) is 12.1. The first kappa shape index (κ1) is 14.5. The van der Waals surface area contributed by atoms with E-state index in [1.165, 1.54) is 5.56 Å². The second kappa shape index (κ2) is 6.50. The molecule has 3 N–H and O–H groups in total. The molecule has 2 aromatic rings. The van der Waals surface area contributed by atoms with Crippen LogP contribution >= 0.6 is 0 Å². The van der Waals surface area contributed by atoms with E-state index in [1.54, 1.807) is 19.5 Å². The molecular formula is C16H21N3O. The van der Waals surface area contributed by atoms with Gasteiger partial charge >= 0.3 is 0 Å². The largest absolute Gasteiger partial charge is 0.495 e. The highest BCUT2D eigenvalue weighted by atomic mass is 16.5. The van der Waals surface area contributed by atoms with E-state index in [-0.39, 0.29) is 6.04 Å². The van der Waals surface area contributed by atoms with E-state index in [4.69, 9.17) is 10.6 Å². The van der Waals surface area contributed by atoms with Gasteiger partial charge in [-0.2, -0.15) is 0 Å². The van der Waals surface area contributed by atoms with Crippen LogP contribution in [0.4, 0.5) is 0 Å². The number of rotatable bonds is 5. The number of hydrogen-bond acceptors (Lipinski definition) is 4.